The van der Waals surface area contributed by atoms with Gasteiger partial charge in [0.25, 0.3) is 5.91 Å². The van der Waals surface area contributed by atoms with Crippen LogP contribution in [0.25, 0.3) is 0 Å². The number of hydrogen-bond donors (Lipinski definition) is 2. The summed E-state index contributed by atoms with van der Waals surface area (Å²) < 4.78 is 18.8. The summed E-state index contributed by atoms with van der Waals surface area (Å²) in [5.41, 5.74) is 2.83. The van der Waals surface area contributed by atoms with Crippen LogP contribution in [0.4, 0.5) is 4.39 Å². The van der Waals surface area contributed by atoms with Gasteiger partial charge in [0.2, 0.25) is 0 Å². The highest BCUT2D eigenvalue weighted by Crippen LogP contribution is 2.30. The van der Waals surface area contributed by atoms with Crippen LogP contribution >= 0.6 is 0 Å². The lowest BCUT2D eigenvalue weighted by molar-refractivity contribution is 0.0597. The number of carbonyl (C=O) groups is 2. The lowest BCUT2D eigenvalue weighted by Gasteiger charge is -2.14. The molecule has 1 amide bonds. The normalized spacial score (nSPS) is 10.4. The van der Waals surface area contributed by atoms with E-state index >= 15 is 0 Å². The molecule has 0 saturated carbocycles. The standard InChI is InChI=1S/C19H20FNO4/c1-10-11(2)17(22)15(19(24)25-4)9-13(10)7-12-5-6-14(16(20)8-12)18(23)21-3/h5-6,8-9,22H,7H2,1-4H3,(H,21,23). The van der Waals surface area contributed by atoms with Gasteiger partial charge in [-0.15, -0.1) is 0 Å². The number of rotatable bonds is 4. The van der Waals surface area contributed by atoms with Crippen LogP contribution in [0.15, 0.2) is 24.3 Å². The van der Waals surface area contributed by atoms with E-state index in [-0.39, 0.29) is 16.9 Å². The Kier molecular flexibility index (Phi) is 5.41. The Hall–Kier alpha value is -2.89. The molecule has 0 unspecified atom stereocenters. The monoisotopic (exact) mass is 345 g/mol. The summed E-state index contributed by atoms with van der Waals surface area (Å²) in [5.74, 6) is -1.86. The topological polar surface area (TPSA) is 75.6 Å². The highest BCUT2D eigenvalue weighted by molar-refractivity contribution is 5.94. The summed E-state index contributed by atoms with van der Waals surface area (Å²) in [6.07, 6.45) is 0.349. The first-order valence-electron chi connectivity index (χ1n) is 7.71. The fourth-order valence-electron chi connectivity index (χ4n) is 2.63. The lowest BCUT2D eigenvalue weighted by atomic mass is 9.93. The van der Waals surface area contributed by atoms with Crippen molar-refractivity contribution in [3.05, 3.63) is 63.5 Å². The summed E-state index contributed by atoms with van der Waals surface area (Å²) in [7, 11) is 2.68. The number of carbonyl (C=O) groups excluding carboxylic acids is 2. The average Bonchev–Trinajstić information content (AvgIpc) is 2.61. The number of ether oxygens (including phenoxy) is 1. The zero-order valence-corrected chi connectivity index (χ0v) is 14.6. The molecule has 2 N–H and O–H groups in total. The number of phenolic OH excluding ortho intramolecular Hbond substituents is 1. The van der Waals surface area contributed by atoms with Gasteiger partial charge < -0.3 is 15.2 Å². The number of nitrogens with one attached hydrogen (secondary N) is 1. The van der Waals surface area contributed by atoms with Crippen LogP contribution in [0, 0.1) is 19.7 Å². The predicted molar refractivity (Wildman–Crippen MR) is 91.5 cm³/mol. The second-order valence-corrected chi connectivity index (χ2v) is 5.74. The number of amides is 1. The zero-order chi connectivity index (χ0) is 18.7. The second-order valence-electron chi connectivity index (χ2n) is 5.74. The third-order valence-corrected chi connectivity index (χ3v) is 4.28. The maximum atomic E-state index is 14.1. The van der Waals surface area contributed by atoms with Gasteiger partial charge in [-0.1, -0.05) is 6.07 Å². The van der Waals surface area contributed by atoms with E-state index in [4.69, 9.17) is 0 Å². The third-order valence-electron chi connectivity index (χ3n) is 4.28. The van der Waals surface area contributed by atoms with Crippen molar-refractivity contribution in [3.8, 4) is 5.75 Å². The Morgan fingerprint density at radius 3 is 2.40 bits per heavy atom. The lowest BCUT2D eigenvalue weighted by Crippen LogP contribution is -2.19. The van der Waals surface area contributed by atoms with E-state index in [0.717, 1.165) is 11.1 Å². The fraction of sp³-hybridized carbons (Fsp3) is 0.263. The van der Waals surface area contributed by atoms with Crippen LogP contribution in [0.2, 0.25) is 0 Å². The number of phenols is 1. The third kappa shape index (κ3) is 3.63. The molecule has 0 aromatic heterocycles. The Morgan fingerprint density at radius 1 is 1.16 bits per heavy atom. The number of aromatic hydroxyl groups is 1. The van der Waals surface area contributed by atoms with E-state index in [2.05, 4.69) is 10.1 Å². The SMILES string of the molecule is CNC(=O)c1ccc(Cc2cc(C(=O)OC)c(O)c(C)c2C)cc1F. The van der Waals surface area contributed by atoms with E-state index in [9.17, 15) is 19.1 Å². The zero-order valence-electron chi connectivity index (χ0n) is 14.6. The van der Waals surface area contributed by atoms with Gasteiger partial charge in [0, 0.05) is 7.05 Å². The molecule has 5 nitrogen and oxygen atoms in total. The molecule has 0 bridgehead atoms. The van der Waals surface area contributed by atoms with Gasteiger partial charge in [-0.2, -0.15) is 0 Å². The molecule has 2 rings (SSSR count). The molecular formula is C19H20FNO4. The van der Waals surface area contributed by atoms with Crippen LogP contribution in [-0.4, -0.2) is 31.1 Å². The van der Waals surface area contributed by atoms with Crippen molar-refractivity contribution in [3.63, 3.8) is 0 Å². The average molecular weight is 345 g/mol. The smallest absolute Gasteiger partial charge is 0.341 e. The maximum absolute atomic E-state index is 14.1. The molecule has 0 heterocycles. The second kappa shape index (κ2) is 7.34. The van der Waals surface area contributed by atoms with Crippen molar-refractivity contribution < 1.29 is 23.8 Å². The van der Waals surface area contributed by atoms with Gasteiger partial charge in [-0.05, 0) is 60.7 Å². The fourth-order valence-corrected chi connectivity index (χ4v) is 2.63. The molecule has 0 fully saturated rings. The summed E-state index contributed by atoms with van der Waals surface area (Å²) in [4.78, 5) is 23.4. The van der Waals surface area contributed by atoms with Crippen molar-refractivity contribution in [1.29, 1.82) is 0 Å². The van der Waals surface area contributed by atoms with Gasteiger partial charge in [0.1, 0.15) is 17.1 Å². The Morgan fingerprint density at radius 2 is 1.84 bits per heavy atom. The van der Waals surface area contributed by atoms with Crippen LogP contribution in [0.3, 0.4) is 0 Å². The molecule has 0 aliphatic rings. The van der Waals surface area contributed by atoms with E-state index in [0.29, 0.717) is 17.5 Å². The Labute approximate surface area is 145 Å². The molecule has 0 aliphatic heterocycles. The number of esters is 1. The van der Waals surface area contributed by atoms with E-state index in [1.807, 2.05) is 6.92 Å². The molecule has 0 radical (unpaired) electrons. The molecular weight excluding hydrogens is 325 g/mol. The molecule has 2 aromatic rings. The maximum Gasteiger partial charge on any atom is 0.341 e. The van der Waals surface area contributed by atoms with Gasteiger partial charge in [0.15, 0.2) is 0 Å². The largest absolute Gasteiger partial charge is 0.507 e. The Balaban J connectivity index is 2.44. The minimum absolute atomic E-state index is 0.0277. The minimum atomic E-state index is -0.636. The molecule has 0 atom stereocenters. The van der Waals surface area contributed by atoms with Gasteiger partial charge >= 0.3 is 5.97 Å². The van der Waals surface area contributed by atoms with Crippen LogP contribution < -0.4 is 5.32 Å². The predicted octanol–water partition coefficient (Wildman–Crippen LogP) is 2.89. The van der Waals surface area contributed by atoms with Crippen molar-refractivity contribution in [2.45, 2.75) is 20.3 Å². The van der Waals surface area contributed by atoms with Crippen molar-refractivity contribution in [2.24, 2.45) is 0 Å². The molecule has 25 heavy (non-hydrogen) atoms. The molecule has 0 saturated heterocycles. The highest BCUT2D eigenvalue weighted by atomic mass is 19.1. The molecule has 0 spiro atoms. The van der Waals surface area contributed by atoms with Gasteiger partial charge in [0.05, 0.1) is 12.7 Å². The minimum Gasteiger partial charge on any atom is -0.507 e. The first-order valence-corrected chi connectivity index (χ1v) is 7.71. The number of methoxy groups -OCH3 is 1. The summed E-state index contributed by atoms with van der Waals surface area (Å²) in [6, 6.07) is 5.93. The number of hydrogen-bond acceptors (Lipinski definition) is 4. The van der Waals surface area contributed by atoms with Gasteiger partial charge in [-0.3, -0.25) is 4.79 Å². The summed E-state index contributed by atoms with van der Waals surface area (Å²) in [6.45, 7) is 3.52. The molecule has 132 valence electrons. The molecule has 2 aromatic carbocycles. The number of halogens is 1. The number of benzene rings is 2. The van der Waals surface area contributed by atoms with Crippen LogP contribution in [-0.2, 0) is 11.2 Å². The van der Waals surface area contributed by atoms with Crippen LogP contribution in [0.5, 0.6) is 5.75 Å². The Bertz CT molecular complexity index is 846. The quantitative estimate of drug-likeness (QED) is 0.836. The van der Waals surface area contributed by atoms with Crippen molar-refractivity contribution >= 4 is 11.9 Å². The summed E-state index contributed by atoms with van der Waals surface area (Å²) >= 11 is 0. The van der Waals surface area contributed by atoms with Crippen LogP contribution in [0.1, 0.15) is 43.0 Å². The first kappa shape index (κ1) is 18.4. The van der Waals surface area contributed by atoms with Gasteiger partial charge in [-0.25, -0.2) is 9.18 Å². The van der Waals surface area contributed by atoms with E-state index < -0.39 is 17.7 Å². The molecule has 6 heteroatoms. The first-order chi connectivity index (χ1) is 11.8. The van der Waals surface area contributed by atoms with Crippen molar-refractivity contribution in [2.75, 3.05) is 14.2 Å². The van der Waals surface area contributed by atoms with Crippen molar-refractivity contribution in [1.82, 2.24) is 5.32 Å². The van der Waals surface area contributed by atoms with E-state index in [1.54, 1.807) is 19.1 Å². The highest BCUT2D eigenvalue weighted by Gasteiger charge is 2.18. The van der Waals surface area contributed by atoms with E-state index in [1.165, 1.54) is 26.3 Å². The molecule has 0 aliphatic carbocycles. The summed E-state index contributed by atoms with van der Waals surface area (Å²) in [5, 5.41) is 12.5.